The molecule has 1 aliphatic rings. The van der Waals surface area contributed by atoms with Crippen molar-refractivity contribution in [3.63, 3.8) is 0 Å². The van der Waals surface area contributed by atoms with E-state index in [1.807, 2.05) is 0 Å². The second kappa shape index (κ2) is 8.89. The minimum atomic E-state index is -4.56. The molecule has 0 saturated heterocycles. The van der Waals surface area contributed by atoms with Gasteiger partial charge in [-0.25, -0.2) is 0 Å². The van der Waals surface area contributed by atoms with Gasteiger partial charge in [0.15, 0.2) is 6.29 Å². The minimum Gasteiger partial charge on any atom is -0.457 e. The number of carbonyl (C=O) groups is 2. The van der Waals surface area contributed by atoms with Crippen molar-refractivity contribution in [1.82, 2.24) is 9.88 Å². The fraction of sp³-hybridized carbons (Fsp3) is 0.174. The second-order valence-corrected chi connectivity index (χ2v) is 7.43. The Morgan fingerprint density at radius 3 is 2.34 bits per heavy atom. The Hall–Kier alpha value is -4.16. The number of methoxy groups -OCH3 is 2. The summed E-state index contributed by atoms with van der Waals surface area (Å²) < 4.78 is 56.6. The maximum atomic E-state index is 13.1. The molecule has 0 saturated carbocycles. The number of hydrogen-bond donors (Lipinski definition) is 2. The molecule has 2 aromatic carbocycles. The minimum absolute atomic E-state index is 0.0856. The number of hydrogen-bond acceptors (Lipinski definition) is 7. The Bertz CT molecular complexity index is 1400. The van der Waals surface area contributed by atoms with Gasteiger partial charge < -0.3 is 19.9 Å². The summed E-state index contributed by atoms with van der Waals surface area (Å²) in [7, 11) is 2.67. The number of carbonyl (C=O) groups excluding carboxylic acids is 2. The van der Waals surface area contributed by atoms with Gasteiger partial charge in [0.05, 0.1) is 27.9 Å². The molecule has 0 spiro atoms. The summed E-state index contributed by atoms with van der Waals surface area (Å²) in [5, 5.41) is 2.08. The molecule has 2 heterocycles. The number of nitrogen functional groups attached to an aromatic ring is 1. The van der Waals surface area contributed by atoms with Crippen LogP contribution in [0.15, 0.2) is 53.3 Å². The first kappa shape index (κ1) is 24.0. The molecule has 2 amide bonds. The largest absolute Gasteiger partial charge is 0.457 e. The van der Waals surface area contributed by atoms with Crippen molar-refractivity contribution in [1.29, 1.82) is 0 Å². The van der Waals surface area contributed by atoms with Crippen molar-refractivity contribution in [2.45, 2.75) is 12.5 Å². The number of nitrogens with zero attached hydrogens (tertiary/aromatic N) is 1. The summed E-state index contributed by atoms with van der Waals surface area (Å²) in [5.74, 6) is -1.75. The average Bonchev–Trinajstić information content (AvgIpc) is 3.08. The van der Waals surface area contributed by atoms with Gasteiger partial charge in [0.1, 0.15) is 17.3 Å². The lowest BCUT2D eigenvalue weighted by Gasteiger charge is -2.20. The molecular formula is C23H18F3N3O6. The maximum Gasteiger partial charge on any atom is 0.416 e. The molecule has 0 fully saturated rings. The van der Waals surface area contributed by atoms with Crippen LogP contribution in [0.25, 0.3) is 5.69 Å². The number of benzene rings is 2. The number of nitrogens with two attached hydrogens (primary N) is 1. The third-order valence-corrected chi connectivity index (χ3v) is 5.28. The van der Waals surface area contributed by atoms with Crippen molar-refractivity contribution in [2.24, 2.45) is 0 Å². The van der Waals surface area contributed by atoms with Crippen LogP contribution in [0.1, 0.15) is 38.1 Å². The standard InChI is InChI=1S/C23H18F3N3O6/c1-33-22(34-2)14-9-12(29-17(30)10-15-18(19(29)27)21(32)28-20(15)31)6-7-16(14)35-13-5-3-4-11(8-13)23(24,25)26/h3-10,22H,27H2,1-2H3,(H,28,31,32). The number of fused-ring (bicyclic) bond motifs is 1. The Labute approximate surface area is 195 Å². The SMILES string of the molecule is COC(OC)c1cc(-n2c(N)c3c(cc2=O)C(=O)NC3=O)ccc1Oc1cccc(C(F)(F)F)c1. The molecular weight excluding hydrogens is 471 g/mol. The van der Waals surface area contributed by atoms with E-state index in [0.717, 1.165) is 22.8 Å². The van der Waals surface area contributed by atoms with Crippen molar-refractivity contribution in [3.8, 4) is 17.2 Å². The van der Waals surface area contributed by atoms with Crippen LogP contribution >= 0.6 is 0 Å². The average molecular weight is 489 g/mol. The molecule has 1 aromatic heterocycles. The van der Waals surface area contributed by atoms with Gasteiger partial charge in [-0.15, -0.1) is 0 Å². The topological polar surface area (TPSA) is 122 Å². The molecule has 0 aliphatic carbocycles. The Balaban J connectivity index is 1.83. The molecule has 182 valence electrons. The number of imide groups is 1. The molecule has 12 heteroatoms. The molecule has 0 radical (unpaired) electrons. The van der Waals surface area contributed by atoms with E-state index in [-0.39, 0.29) is 39.7 Å². The summed E-state index contributed by atoms with van der Waals surface area (Å²) in [4.78, 5) is 36.8. The van der Waals surface area contributed by atoms with Crippen LogP contribution in [-0.2, 0) is 15.7 Å². The van der Waals surface area contributed by atoms with Gasteiger partial charge in [0.2, 0.25) is 0 Å². The molecule has 0 atom stereocenters. The number of amides is 2. The van der Waals surface area contributed by atoms with Crippen molar-refractivity contribution < 1.29 is 37.0 Å². The predicted octanol–water partition coefficient (Wildman–Crippen LogP) is 3.41. The van der Waals surface area contributed by atoms with E-state index in [1.165, 1.54) is 44.6 Å². The monoisotopic (exact) mass is 489 g/mol. The molecule has 35 heavy (non-hydrogen) atoms. The number of alkyl halides is 3. The lowest BCUT2D eigenvalue weighted by Crippen LogP contribution is -2.24. The molecule has 3 aromatic rings. The molecule has 1 aliphatic heterocycles. The summed E-state index contributed by atoms with van der Waals surface area (Å²) in [5.41, 5.74) is 4.62. The zero-order chi connectivity index (χ0) is 25.5. The van der Waals surface area contributed by atoms with Crippen LogP contribution in [0, 0.1) is 0 Å². The number of pyridine rings is 1. The Morgan fingerprint density at radius 2 is 1.69 bits per heavy atom. The maximum absolute atomic E-state index is 13.1. The first-order chi connectivity index (χ1) is 16.5. The third-order valence-electron chi connectivity index (χ3n) is 5.28. The second-order valence-electron chi connectivity index (χ2n) is 7.43. The summed E-state index contributed by atoms with van der Waals surface area (Å²) in [6.07, 6.45) is -5.60. The van der Waals surface area contributed by atoms with Crippen LogP contribution in [0.2, 0.25) is 0 Å². The normalized spacial score (nSPS) is 13.2. The van der Waals surface area contributed by atoms with Gasteiger partial charge in [-0.05, 0) is 36.4 Å². The van der Waals surface area contributed by atoms with Crippen molar-refractivity contribution in [2.75, 3.05) is 20.0 Å². The van der Waals surface area contributed by atoms with E-state index in [4.69, 9.17) is 19.9 Å². The highest BCUT2D eigenvalue weighted by molar-refractivity contribution is 6.23. The van der Waals surface area contributed by atoms with E-state index in [9.17, 15) is 27.6 Å². The van der Waals surface area contributed by atoms with Gasteiger partial charge in [-0.2, -0.15) is 13.2 Å². The van der Waals surface area contributed by atoms with Gasteiger partial charge in [0.25, 0.3) is 17.4 Å². The molecule has 4 rings (SSSR count). The molecule has 0 bridgehead atoms. The van der Waals surface area contributed by atoms with Crippen molar-refractivity contribution in [3.05, 3.63) is 81.1 Å². The van der Waals surface area contributed by atoms with E-state index >= 15 is 0 Å². The number of aromatic nitrogens is 1. The number of anilines is 1. The van der Waals surface area contributed by atoms with Crippen LogP contribution in [0.4, 0.5) is 19.0 Å². The molecule has 3 N–H and O–H groups in total. The van der Waals surface area contributed by atoms with Crippen LogP contribution < -0.4 is 21.3 Å². The summed E-state index contributed by atoms with van der Waals surface area (Å²) >= 11 is 0. The van der Waals surface area contributed by atoms with E-state index in [2.05, 4.69) is 5.32 Å². The number of ether oxygens (including phenoxy) is 3. The van der Waals surface area contributed by atoms with Gasteiger partial charge >= 0.3 is 6.18 Å². The first-order valence-electron chi connectivity index (χ1n) is 10.0. The zero-order valence-electron chi connectivity index (χ0n) is 18.3. The smallest absolute Gasteiger partial charge is 0.416 e. The predicted molar refractivity (Wildman–Crippen MR) is 117 cm³/mol. The number of nitrogens with one attached hydrogen (secondary N) is 1. The highest BCUT2D eigenvalue weighted by atomic mass is 19.4. The van der Waals surface area contributed by atoms with Crippen LogP contribution in [-0.4, -0.2) is 30.6 Å². The third kappa shape index (κ3) is 4.36. The molecule has 0 unspecified atom stereocenters. The summed E-state index contributed by atoms with van der Waals surface area (Å²) in [6, 6.07) is 9.50. The number of rotatable bonds is 6. The van der Waals surface area contributed by atoms with Crippen LogP contribution in [0.5, 0.6) is 11.5 Å². The molecule has 9 nitrogen and oxygen atoms in total. The highest BCUT2D eigenvalue weighted by Crippen LogP contribution is 2.36. The van der Waals surface area contributed by atoms with Gasteiger partial charge in [-0.3, -0.25) is 24.3 Å². The summed E-state index contributed by atoms with van der Waals surface area (Å²) in [6.45, 7) is 0. The fourth-order valence-corrected chi connectivity index (χ4v) is 3.71. The Kier molecular flexibility index (Phi) is 6.09. The first-order valence-corrected chi connectivity index (χ1v) is 10.0. The van der Waals surface area contributed by atoms with E-state index in [1.54, 1.807) is 0 Å². The quantitative estimate of drug-likeness (QED) is 0.402. The van der Waals surface area contributed by atoms with Crippen LogP contribution in [0.3, 0.4) is 0 Å². The van der Waals surface area contributed by atoms with Gasteiger partial charge in [-0.1, -0.05) is 6.07 Å². The van der Waals surface area contributed by atoms with E-state index in [0.29, 0.717) is 0 Å². The lowest BCUT2D eigenvalue weighted by atomic mass is 10.1. The fourth-order valence-electron chi connectivity index (χ4n) is 3.71. The van der Waals surface area contributed by atoms with E-state index < -0.39 is 35.4 Å². The Morgan fingerprint density at radius 1 is 0.971 bits per heavy atom. The van der Waals surface area contributed by atoms with Crippen molar-refractivity contribution >= 4 is 17.6 Å². The zero-order valence-corrected chi connectivity index (χ0v) is 18.3. The number of halogens is 3. The highest BCUT2D eigenvalue weighted by Gasteiger charge is 2.33. The lowest BCUT2D eigenvalue weighted by molar-refractivity contribution is -0.137. The van der Waals surface area contributed by atoms with Gasteiger partial charge in [0, 0.05) is 20.3 Å².